The molecule has 0 bridgehead atoms. The molecule has 1 aliphatic rings. The number of ether oxygens (including phenoxy) is 1. The summed E-state index contributed by atoms with van der Waals surface area (Å²) in [4.78, 5) is 3.89. The van der Waals surface area contributed by atoms with Crippen LogP contribution in [0.4, 0.5) is 14.5 Å². The van der Waals surface area contributed by atoms with Crippen LogP contribution in [0.2, 0.25) is 0 Å². The molecule has 18 heavy (non-hydrogen) atoms. The van der Waals surface area contributed by atoms with Gasteiger partial charge in [-0.25, -0.2) is 8.78 Å². The van der Waals surface area contributed by atoms with Crippen LogP contribution >= 0.6 is 0 Å². The maximum atomic E-state index is 13.9. The lowest BCUT2D eigenvalue weighted by Gasteiger charge is -2.34. The second kappa shape index (κ2) is 5.52. The minimum Gasteiger partial charge on any atom is -0.494 e. The summed E-state index contributed by atoms with van der Waals surface area (Å²) in [5, 5.41) is 0. The summed E-state index contributed by atoms with van der Waals surface area (Å²) in [5.74, 6) is -0.864. The van der Waals surface area contributed by atoms with E-state index in [0.29, 0.717) is 19.7 Å². The van der Waals surface area contributed by atoms with Crippen molar-refractivity contribution < 1.29 is 13.5 Å². The molecule has 0 unspecified atom stereocenters. The van der Waals surface area contributed by atoms with Crippen molar-refractivity contribution in [3.8, 4) is 5.75 Å². The van der Waals surface area contributed by atoms with Gasteiger partial charge in [0.2, 0.25) is 0 Å². The van der Waals surface area contributed by atoms with E-state index in [2.05, 4.69) is 4.90 Å². The molecule has 1 aromatic rings. The van der Waals surface area contributed by atoms with Gasteiger partial charge in [-0.05, 0) is 14.0 Å². The van der Waals surface area contributed by atoms with E-state index in [4.69, 9.17) is 4.74 Å². The fourth-order valence-electron chi connectivity index (χ4n) is 2.12. The third-order valence-electron chi connectivity index (χ3n) is 3.12. The van der Waals surface area contributed by atoms with Crippen LogP contribution in [0.5, 0.6) is 5.75 Å². The zero-order chi connectivity index (χ0) is 13.1. The van der Waals surface area contributed by atoms with Gasteiger partial charge in [0.1, 0.15) is 11.4 Å². The van der Waals surface area contributed by atoms with Crippen LogP contribution in [-0.2, 0) is 0 Å². The molecular weight excluding hydrogens is 238 g/mol. The van der Waals surface area contributed by atoms with E-state index in [9.17, 15) is 8.78 Å². The molecular formula is C13H18F2N2O. The average Bonchev–Trinajstić information content (AvgIpc) is 2.31. The fourth-order valence-corrected chi connectivity index (χ4v) is 2.12. The van der Waals surface area contributed by atoms with Crippen molar-refractivity contribution in [2.75, 3.05) is 44.7 Å². The van der Waals surface area contributed by atoms with Crippen molar-refractivity contribution in [3.63, 3.8) is 0 Å². The first kappa shape index (κ1) is 13.1. The van der Waals surface area contributed by atoms with Gasteiger partial charge in [0.05, 0.1) is 6.61 Å². The summed E-state index contributed by atoms with van der Waals surface area (Å²) in [6.45, 7) is 5.08. The molecule has 0 atom stereocenters. The highest BCUT2D eigenvalue weighted by Crippen LogP contribution is 2.28. The Balaban J connectivity index is 2.22. The average molecular weight is 256 g/mol. The van der Waals surface area contributed by atoms with Crippen LogP contribution in [0, 0.1) is 11.6 Å². The molecule has 1 aliphatic heterocycles. The van der Waals surface area contributed by atoms with Gasteiger partial charge >= 0.3 is 0 Å². The van der Waals surface area contributed by atoms with E-state index >= 15 is 0 Å². The van der Waals surface area contributed by atoms with Gasteiger partial charge in [0.25, 0.3) is 0 Å². The number of piperazine rings is 1. The molecule has 1 heterocycles. The Kier molecular flexibility index (Phi) is 4.01. The van der Waals surface area contributed by atoms with Crippen LogP contribution in [-0.4, -0.2) is 44.7 Å². The molecule has 0 N–H and O–H groups in total. The Morgan fingerprint density at radius 3 is 2.17 bits per heavy atom. The minimum atomic E-state index is -0.553. The highest BCUT2D eigenvalue weighted by atomic mass is 19.1. The van der Waals surface area contributed by atoms with Crippen LogP contribution in [0.1, 0.15) is 6.92 Å². The Morgan fingerprint density at radius 1 is 1.11 bits per heavy atom. The van der Waals surface area contributed by atoms with Gasteiger partial charge in [-0.2, -0.15) is 0 Å². The predicted molar refractivity (Wildman–Crippen MR) is 67.2 cm³/mol. The van der Waals surface area contributed by atoms with Gasteiger partial charge in [-0.3, -0.25) is 0 Å². The summed E-state index contributed by atoms with van der Waals surface area (Å²) < 4.78 is 33.0. The zero-order valence-corrected chi connectivity index (χ0v) is 10.7. The van der Waals surface area contributed by atoms with Gasteiger partial charge in [0, 0.05) is 38.3 Å². The molecule has 1 saturated heterocycles. The number of halogens is 2. The molecule has 2 rings (SSSR count). The van der Waals surface area contributed by atoms with Gasteiger partial charge in [-0.1, -0.05) is 0 Å². The normalized spacial score (nSPS) is 17.0. The molecule has 0 radical (unpaired) electrons. The van der Waals surface area contributed by atoms with Crippen LogP contribution in [0.3, 0.4) is 0 Å². The van der Waals surface area contributed by atoms with Crippen LogP contribution in [0.25, 0.3) is 0 Å². The molecule has 0 aliphatic carbocycles. The molecule has 0 aromatic heterocycles. The quantitative estimate of drug-likeness (QED) is 0.824. The fraction of sp³-hybridized carbons (Fsp3) is 0.538. The lowest BCUT2D eigenvalue weighted by atomic mass is 10.2. The molecule has 5 heteroatoms. The van der Waals surface area contributed by atoms with E-state index in [1.54, 1.807) is 11.8 Å². The SMILES string of the molecule is CCOc1cc(F)c(N2CCN(C)CC2)c(F)c1. The van der Waals surface area contributed by atoms with Crippen molar-refractivity contribution in [1.82, 2.24) is 4.90 Å². The predicted octanol–water partition coefficient (Wildman–Crippen LogP) is 2.12. The number of likely N-dealkylation sites (N-methyl/N-ethyl adjacent to an activating group) is 1. The lowest BCUT2D eigenvalue weighted by molar-refractivity contribution is 0.309. The number of benzene rings is 1. The highest BCUT2D eigenvalue weighted by Gasteiger charge is 2.21. The second-order valence-corrected chi connectivity index (χ2v) is 4.46. The summed E-state index contributed by atoms with van der Waals surface area (Å²) in [6, 6.07) is 2.50. The van der Waals surface area contributed by atoms with E-state index in [-0.39, 0.29) is 11.4 Å². The third kappa shape index (κ3) is 2.72. The van der Waals surface area contributed by atoms with E-state index in [1.165, 1.54) is 12.1 Å². The monoisotopic (exact) mass is 256 g/mol. The summed E-state index contributed by atoms with van der Waals surface area (Å²) >= 11 is 0. The standard InChI is InChI=1S/C13H18F2N2O/c1-3-18-10-8-11(14)13(12(15)9-10)17-6-4-16(2)5-7-17/h8-9H,3-7H2,1-2H3. The summed E-state index contributed by atoms with van der Waals surface area (Å²) in [6.07, 6.45) is 0. The van der Waals surface area contributed by atoms with Crippen molar-refractivity contribution in [2.45, 2.75) is 6.92 Å². The first-order valence-corrected chi connectivity index (χ1v) is 6.17. The number of rotatable bonds is 3. The highest BCUT2D eigenvalue weighted by molar-refractivity contribution is 5.52. The number of hydrogen-bond donors (Lipinski definition) is 0. The van der Waals surface area contributed by atoms with Crippen LogP contribution in [0.15, 0.2) is 12.1 Å². The van der Waals surface area contributed by atoms with E-state index in [1.807, 2.05) is 7.05 Å². The smallest absolute Gasteiger partial charge is 0.153 e. The minimum absolute atomic E-state index is 0.0616. The zero-order valence-electron chi connectivity index (χ0n) is 10.7. The number of anilines is 1. The molecule has 100 valence electrons. The van der Waals surface area contributed by atoms with Crippen molar-refractivity contribution in [2.24, 2.45) is 0 Å². The second-order valence-electron chi connectivity index (χ2n) is 4.46. The topological polar surface area (TPSA) is 15.7 Å². The Hall–Kier alpha value is -1.36. The maximum Gasteiger partial charge on any atom is 0.153 e. The summed E-state index contributed by atoms with van der Waals surface area (Å²) in [5.41, 5.74) is 0.0616. The summed E-state index contributed by atoms with van der Waals surface area (Å²) in [7, 11) is 2.00. The third-order valence-corrected chi connectivity index (χ3v) is 3.12. The Morgan fingerprint density at radius 2 is 1.67 bits per heavy atom. The first-order valence-electron chi connectivity index (χ1n) is 6.17. The van der Waals surface area contributed by atoms with Gasteiger partial charge in [-0.15, -0.1) is 0 Å². The number of nitrogens with zero attached hydrogens (tertiary/aromatic N) is 2. The maximum absolute atomic E-state index is 13.9. The van der Waals surface area contributed by atoms with Crippen molar-refractivity contribution in [1.29, 1.82) is 0 Å². The molecule has 1 fully saturated rings. The Labute approximate surface area is 106 Å². The van der Waals surface area contributed by atoms with Gasteiger partial charge in [0.15, 0.2) is 11.6 Å². The Bertz CT molecular complexity index is 394. The van der Waals surface area contributed by atoms with Crippen molar-refractivity contribution in [3.05, 3.63) is 23.8 Å². The van der Waals surface area contributed by atoms with Crippen LogP contribution < -0.4 is 9.64 Å². The lowest BCUT2D eigenvalue weighted by Crippen LogP contribution is -2.45. The number of hydrogen-bond acceptors (Lipinski definition) is 3. The largest absolute Gasteiger partial charge is 0.494 e. The van der Waals surface area contributed by atoms with Gasteiger partial charge < -0.3 is 14.5 Å². The van der Waals surface area contributed by atoms with Crippen molar-refractivity contribution >= 4 is 5.69 Å². The van der Waals surface area contributed by atoms with E-state index < -0.39 is 11.6 Å². The molecule has 0 amide bonds. The molecule has 1 aromatic carbocycles. The molecule has 3 nitrogen and oxygen atoms in total. The molecule has 0 spiro atoms. The molecule has 0 saturated carbocycles. The first-order chi connectivity index (χ1) is 8.61. The van der Waals surface area contributed by atoms with E-state index in [0.717, 1.165) is 13.1 Å².